The van der Waals surface area contributed by atoms with Gasteiger partial charge in [0.1, 0.15) is 0 Å². The standard InChI is InChI=1S/C16H23N3/c1-4-6-12-7-9-13(10-8-12)16(17)14-11-19(3)18-15(14)5-2/h7-11,16H,4-6,17H2,1-3H3. The maximum Gasteiger partial charge on any atom is 0.0672 e. The van der Waals surface area contributed by atoms with Crippen LogP contribution in [0.1, 0.15) is 48.7 Å². The van der Waals surface area contributed by atoms with Crippen LogP contribution < -0.4 is 5.73 Å². The molecular weight excluding hydrogens is 234 g/mol. The Morgan fingerprint density at radius 1 is 1.21 bits per heavy atom. The summed E-state index contributed by atoms with van der Waals surface area (Å²) in [5, 5.41) is 4.46. The minimum Gasteiger partial charge on any atom is -0.320 e. The van der Waals surface area contributed by atoms with Crippen LogP contribution in [0.4, 0.5) is 0 Å². The van der Waals surface area contributed by atoms with Gasteiger partial charge < -0.3 is 5.73 Å². The number of aromatic nitrogens is 2. The second-order valence-corrected chi connectivity index (χ2v) is 5.03. The van der Waals surface area contributed by atoms with Gasteiger partial charge in [0.15, 0.2) is 0 Å². The Hall–Kier alpha value is -1.61. The van der Waals surface area contributed by atoms with E-state index in [-0.39, 0.29) is 6.04 Å². The molecule has 1 aromatic heterocycles. The molecule has 1 heterocycles. The molecule has 0 saturated carbocycles. The van der Waals surface area contributed by atoms with Crippen molar-refractivity contribution in [2.45, 2.75) is 39.2 Å². The second-order valence-electron chi connectivity index (χ2n) is 5.03. The fraction of sp³-hybridized carbons (Fsp3) is 0.438. The quantitative estimate of drug-likeness (QED) is 0.895. The molecule has 0 fully saturated rings. The van der Waals surface area contributed by atoms with Crippen molar-refractivity contribution in [2.24, 2.45) is 12.8 Å². The zero-order valence-electron chi connectivity index (χ0n) is 12.1. The molecule has 19 heavy (non-hydrogen) atoms. The number of nitrogens with two attached hydrogens (primary N) is 1. The van der Waals surface area contributed by atoms with Crippen molar-refractivity contribution in [1.82, 2.24) is 9.78 Å². The Balaban J connectivity index is 2.25. The van der Waals surface area contributed by atoms with Crippen LogP contribution in [0, 0.1) is 0 Å². The summed E-state index contributed by atoms with van der Waals surface area (Å²) in [6.45, 7) is 4.31. The van der Waals surface area contributed by atoms with E-state index in [2.05, 4.69) is 43.2 Å². The van der Waals surface area contributed by atoms with Crippen molar-refractivity contribution >= 4 is 0 Å². The zero-order valence-corrected chi connectivity index (χ0v) is 12.1. The topological polar surface area (TPSA) is 43.8 Å². The van der Waals surface area contributed by atoms with E-state index in [1.807, 2.05) is 17.9 Å². The fourth-order valence-corrected chi connectivity index (χ4v) is 2.45. The van der Waals surface area contributed by atoms with Gasteiger partial charge >= 0.3 is 0 Å². The molecule has 102 valence electrons. The molecule has 0 aliphatic rings. The van der Waals surface area contributed by atoms with Crippen LogP contribution in [0.5, 0.6) is 0 Å². The molecule has 3 heteroatoms. The van der Waals surface area contributed by atoms with Gasteiger partial charge in [-0.1, -0.05) is 44.5 Å². The van der Waals surface area contributed by atoms with E-state index in [4.69, 9.17) is 5.73 Å². The number of hydrogen-bond donors (Lipinski definition) is 1. The highest BCUT2D eigenvalue weighted by Gasteiger charge is 2.15. The van der Waals surface area contributed by atoms with Crippen molar-refractivity contribution in [3.05, 3.63) is 52.8 Å². The van der Waals surface area contributed by atoms with Crippen molar-refractivity contribution in [3.63, 3.8) is 0 Å². The third-order valence-electron chi connectivity index (χ3n) is 3.49. The number of nitrogens with zero attached hydrogens (tertiary/aromatic N) is 2. The monoisotopic (exact) mass is 257 g/mol. The van der Waals surface area contributed by atoms with Gasteiger partial charge in [-0.15, -0.1) is 0 Å². The van der Waals surface area contributed by atoms with E-state index < -0.39 is 0 Å². The SMILES string of the molecule is CCCc1ccc(C(N)c2cn(C)nc2CC)cc1. The lowest BCUT2D eigenvalue weighted by molar-refractivity contribution is 0.746. The first-order valence-corrected chi connectivity index (χ1v) is 7.02. The first-order chi connectivity index (χ1) is 9.15. The molecule has 0 spiro atoms. The molecule has 2 rings (SSSR count). The van der Waals surface area contributed by atoms with Crippen LogP contribution in [0.25, 0.3) is 0 Å². The van der Waals surface area contributed by atoms with E-state index >= 15 is 0 Å². The number of rotatable bonds is 5. The average Bonchev–Trinajstić information content (AvgIpc) is 2.80. The van der Waals surface area contributed by atoms with Gasteiger partial charge in [-0.2, -0.15) is 5.10 Å². The number of aryl methyl sites for hydroxylation is 3. The molecule has 0 radical (unpaired) electrons. The molecule has 2 N–H and O–H groups in total. The molecule has 0 saturated heterocycles. The summed E-state index contributed by atoms with van der Waals surface area (Å²) in [7, 11) is 1.94. The summed E-state index contributed by atoms with van der Waals surface area (Å²) < 4.78 is 1.85. The summed E-state index contributed by atoms with van der Waals surface area (Å²) >= 11 is 0. The van der Waals surface area contributed by atoms with Crippen molar-refractivity contribution < 1.29 is 0 Å². The van der Waals surface area contributed by atoms with E-state index in [1.165, 1.54) is 12.0 Å². The third kappa shape index (κ3) is 3.04. The highest BCUT2D eigenvalue weighted by Crippen LogP contribution is 2.23. The van der Waals surface area contributed by atoms with Gasteiger partial charge in [0.2, 0.25) is 0 Å². The van der Waals surface area contributed by atoms with Gasteiger partial charge in [-0.3, -0.25) is 4.68 Å². The predicted octanol–water partition coefficient (Wildman–Crippen LogP) is 2.98. The Kier molecular flexibility index (Phi) is 4.38. The molecule has 0 aliphatic carbocycles. The summed E-state index contributed by atoms with van der Waals surface area (Å²) in [4.78, 5) is 0. The van der Waals surface area contributed by atoms with Crippen LogP contribution in [0.15, 0.2) is 30.5 Å². The third-order valence-corrected chi connectivity index (χ3v) is 3.49. The molecule has 1 atom stereocenters. The Morgan fingerprint density at radius 3 is 2.47 bits per heavy atom. The summed E-state index contributed by atoms with van der Waals surface area (Å²) in [6, 6.07) is 8.56. The van der Waals surface area contributed by atoms with Crippen LogP contribution in [0.3, 0.4) is 0 Å². The van der Waals surface area contributed by atoms with Gasteiger partial charge in [-0.05, 0) is 24.0 Å². The van der Waals surface area contributed by atoms with Crippen LogP contribution >= 0.6 is 0 Å². The molecular formula is C16H23N3. The molecule has 0 bridgehead atoms. The zero-order chi connectivity index (χ0) is 13.8. The molecule has 2 aromatic rings. The fourth-order valence-electron chi connectivity index (χ4n) is 2.45. The summed E-state index contributed by atoms with van der Waals surface area (Å²) in [5.74, 6) is 0. The maximum absolute atomic E-state index is 6.38. The van der Waals surface area contributed by atoms with Gasteiger partial charge in [-0.25, -0.2) is 0 Å². The summed E-state index contributed by atoms with van der Waals surface area (Å²) in [6.07, 6.45) is 5.25. The summed E-state index contributed by atoms with van der Waals surface area (Å²) in [5.41, 5.74) is 11.1. The smallest absolute Gasteiger partial charge is 0.0672 e. The van der Waals surface area contributed by atoms with Crippen LogP contribution in [0.2, 0.25) is 0 Å². The highest BCUT2D eigenvalue weighted by molar-refractivity contribution is 5.34. The van der Waals surface area contributed by atoms with Crippen molar-refractivity contribution in [1.29, 1.82) is 0 Å². The van der Waals surface area contributed by atoms with Gasteiger partial charge in [0.25, 0.3) is 0 Å². The predicted molar refractivity (Wildman–Crippen MR) is 79.1 cm³/mol. The van der Waals surface area contributed by atoms with Gasteiger partial charge in [0, 0.05) is 18.8 Å². The van der Waals surface area contributed by atoms with Crippen molar-refractivity contribution in [3.8, 4) is 0 Å². The normalized spacial score (nSPS) is 12.6. The first-order valence-electron chi connectivity index (χ1n) is 7.02. The van der Waals surface area contributed by atoms with Crippen molar-refractivity contribution in [2.75, 3.05) is 0 Å². The Labute approximate surface area is 115 Å². The number of hydrogen-bond acceptors (Lipinski definition) is 2. The minimum absolute atomic E-state index is 0.0840. The Morgan fingerprint density at radius 2 is 1.89 bits per heavy atom. The molecule has 1 aromatic carbocycles. The van der Waals surface area contributed by atoms with E-state index in [9.17, 15) is 0 Å². The van der Waals surface area contributed by atoms with Gasteiger partial charge in [0.05, 0.1) is 11.7 Å². The van der Waals surface area contributed by atoms with E-state index in [0.717, 1.165) is 29.7 Å². The first kappa shape index (κ1) is 13.8. The molecule has 3 nitrogen and oxygen atoms in total. The van der Waals surface area contributed by atoms with Crippen LogP contribution in [-0.2, 0) is 19.9 Å². The molecule has 1 unspecified atom stereocenters. The lowest BCUT2D eigenvalue weighted by atomic mass is 9.97. The molecule has 0 aliphatic heterocycles. The molecule has 0 amide bonds. The largest absolute Gasteiger partial charge is 0.320 e. The minimum atomic E-state index is -0.0840. The second kappa shape index (κ2) is 6.02. The Bertz CT molecular complexity index is 525. The van der Waals surface area contributed by atoms with E-state index in [0.29, 0.717) is 0 Å². The van der Waals surface area contributed by atoms with Crippen LogP contribution in [-0.4, -0.2) is 9.78 Å². The van der Waals surface area contributed by atoms with E-state index in [1.54, 1.807) is 0 Å². The maximum atomic E-state index is 6.38. The number of benzene rings is 1. The average molecular weight is 257 g/mol. The lowest BCUT2D eigenvalue weighted by Crippen LogP contribution is -2.13. The highest BCUT2D eigenvalue weighted by atomic mass is 15.3. The lowest BCUT2D eigenvalue weighted by Gasteiger charge is -2.12.